The van der Waals surface area contributed by atoms with Gasteiger partial charge in [0.05, 0.1) is 13.3 Å². The molecule has 0 aliphatic carbocycles. The van der Waals surface area contributed by atoms with Gasteiger partial charge in [0, 0.05) is 0 Å². The average molecular weight is 217 g/mol. The first-order valence-electron chi connectivity index (χ1n) is 3.72. The van der Waals surface area contributed by atoms with E-state index in [-0.39, 0.29) is 12.5 Å². The number of hydrogen-bond donors (Lipinski definition) is 2. The SMILES string of the molecule is COC(=O)CNc1nc(N)ncc1Cl. The third-order valence-corrected chi connectivity index (χ3v) is 1.67. The van der Waals surface area contributed by atoms with E-state index >= 15 is 0 Å². The molecule has 0 bridgehead atoms. The normalized spacial score (nSPS) is 9.57. The first-order chi connectivity index (χ1) is 6.63. The molecule has 14 heavy (non-hydrogen) atoms. The van der Waals surface area contributed by atoms with Crippen LogP contribution in [0.3, 0.4) is 0 Å². The summed E-state index contributed by atoms with van der Waals surface area (Å²) in [7, 11) is 1.29. The third kappa shape index (κ3) is 2.74. The van der Waals surface area contributed by atoms with Gasteiger partial charge < -0.3 is 15.8 Å². The molecule has 0 aromatic carbocycles. The van der Waals surface area contributed by atoms with Crippen molar-refractivity contribution in [2.24, 2.45) is 0 Å². The highest BCUT2D eigenvalue weighted by molar-refractivity contribution is 6.32. The summed E-state index contributed by atoms with van der Waals surface area (Å²) in [5.74, 6) is -0.0235. The van der Waals surface area contributed by atoms with Crippen molar-refractivity contribution >= 4 is 29.3 Å². The lowest BCUT2D eigenvalue weighted by atomic mass is 10.5. The van der Waals surface area contributed by atoms with Crippen LogP contribution in [-0.4, -0.2) is 29.6 Å². The van der Waals surface area contributed by atoms with Gasteiger partial charge in [-0.25, -0.2) is 4.98 Å². The van der Waals surface area contributed by atoms with Crippen molar-refractivity contribution < 1.29 is 9.53 Å². The number of nitrogens with zero attached hydrogens (tertiary/aromatic N) is 2. The van der Waals surface area contributed by atoms with E-state index in [0.717, 1.165) is 0 Å². The summed E-state index contributed by atoms with van der Waals surface area (Å²) in [6.45, 7) is -0.0212. The van der Waals surface area contributed by atoms with E-state index in [4.69, 9.17) is 17.3 Å². The van der Waals surface area contributed by atoms with Crippen LogP contribution in [0.15, 0.2) is 6.20 Å². The average Bonchev–Trinajstić information content (AvgIpc) is 2.19. The molecule has 0 aliphatic rings. The Morgan fingerprint density at radius 1 is 1.79 bits per heavy atom. The Labute approximate surface area is 85.4 Å². The standard InChI is InChI=1S/C7H9ClN4O2/c1-14-5(13)3-10-6-4(8)2-11-7(9)12-6/h2H,3H2,1H3,(H3,9,10,11,12). The number of esters is 1. The van der Waals surface area contributed by atoms with Crippen LogP contribution < -0.4 is 11.1 Å². The number of aromatic nitrogens is 2. The minimum Gasteiger partial charge on any atom is -0.468 e. The summed E-state index contributed by atoms with van der Waals surface area (Å²) >= 11 is 5.73. The molecule has 1 aromatic heterocycles. The quantitative estimate of drug-likeness (QED) is 0.707. The Kier molecular flexibility index (Phi) is 3.47. The lowest BCUT2D eigenvalue weighted by Gasteiger charge is -2.05. The maximum atomic E-state index is 10.8. The summed E-state index contributed by atoms with van der Waals surface area (Å²) in [5, 5.41) is 2.96. The van der Waals surface area contributed by atoms with E-state index in [9.17, 15) is 4.79 Å². The van der Waals surface area contributed by atoms with Crippen LogP contribution in [0, 0.1) is 0 Å². The van der Waals surface area contributed by atoms with Crippen LogP contribution in [0.5, 0.6) is 0 Å². The number of nitrogen functional groups attached to an aromatic ring is 1. The van der Waals surface area contributed by atoms with Gasteiger partial charge in [0.2, 0.25) is 5.95 Å². The van der Waals surface area contributed by atoms with Gasteiger partial charge in [-0.2, -0.15) is 4.98 Å². The van der Waals surface area contributed by atoms with Gasteiger partial charge in [0.1, 0.15) is 11.6 Å². The number of halogens is 1. The van der Waals surface area contributed by atoms with Crippen molar-refractivity contribution in [2.45, 2.75) is 0 Å². The fourth-order valence-electron chi connectivity index (χ4n) is 0.733. The fraction of sp³-hybridized carbons (Fsp3) is 0.286. The van der Waals surface area contributed by atoms with Crippen molar-refractivity contribution in [3.05, 3.63) is 11.2 Å². The van der Waals surface area contributed by atoms with Crippen LogP contribution in [0.1, 0.15) is 0 Å². The summed E-state index contributed by atoms with van der Waals surface area (Å²) in [5.41, 5.74) is 5.33. The molecule has 0 saturated carbocycles. The predicted octanol–water partition coefficient (Wildman–Crippen LogP) is 0.297. The molecule has 0 spiro atoms. The number of nitrogens with two attached hydrogens (primary N) is 1. The minimum atomic E-state index is -0.418. The zero-order valence-corrected chi connectivity index (χ0v) is 8.21. The number of anilines is 2. The number of carbonyl (C=O) groups excluding carboxylic acids is 1. The molecule has 6 nitrogen and oxygen atoms in total. The largest absolute Gasteiger partial charge is 0.468 e. The van der Waals surface area contributed by atoms with Gasteiger partial charge in [0.15, 0.2) is 5.82 Å². The second-order valence-electron chi connectivity index (χ2n) is 2.35. The highest BCUT2D eigenvalue weighted by Crippen LogP contribution is 2.17. The Morgan fingerprint density at radius 2 is 2.50 bits per heavy atom. The molecule has 7 heteroatoms. The molecular weight excluding hydrogens is 208 g/mol. The topological polar surface area (TPSA) is 90.1 Å². The van der Waals surface area contributed by atoms with Gasteiger partial charge in [-0.05, 0) is 0 Å². The maximum absolute atomic E-state index is 10.8. The van der Waals surface area contributed by atoms with E-state index in [2.05, 4.69) is 20.0 Å². The Balaban J connectivity index is 2.66. The highest BCUT2D eigenvalue weighted by Gasteiger charge is 2.05. The number of carbonyl (C=O) groups is 1. The summed E-state index contributed by atoms with van der Waals surface area (Å²) in [6.07, 6.45) is 1.35. The molecule has 1 rings (SSSR count). The molecule has 0 amide bonds. The molecule has 76 valence electrons. The molecule has 1 aromatic rings. The fourth-order valence-corrected chi connectivity index (χ4v) is 0.891. The van der Waals surface area contributed by atoms with Crippen molar-refractivity contribution in [1.29, 1.82) is 0 Å². The zero-order chi connectivity index (χ0) is 10.6. The minimum absolute atomic E-state index is 0.0212. The molecule has 1 heterocycles. The molecule has 3 N–H and O–H groups in total. The second kappa shape index (κ2) is 4.61. The first-order valence-corrected chi connectivity index (χ1v) is 4.10. The van der Waals surface area contributed by atoms with Crippen LogP contribution in [-0.2, 0) is 9.53 Å². The lowest BCUT2D eigenvalue weighted by Crippen LogP contribution is -2.16. The Hall–Kier alpha value is -1.56. The molecule has 0 saturated heterocycles. The van der Waals surface area contributed by atoms with E-state index in [1.54, 1.807) is 0 Å². The Bertz CT molecular complexity index is 344. The van der Waals surface area contributed by atoms with Crippen molar-refractivity contribution in [2.75, 3.05) is 24.7 Å². The van der Waals surface area contributed by atoms with E-state index in [1.165, 1.54) is 13.3 Å². The van der Waals surface area contributed by atoms with E-state index < -0.39 is 5.97 Å². The monoisotopic (exact) mass is 216 g/mol. The molecular formula is C7H9ClN4O2. The smallest absolute Gasteiger partial charge is 0.325 e. The number of hydrogen-bond acceptors (Lipinski definition) is 6. The number of methoxy groups -OCH3 is 1. The van der Waals surface area contributed by atoms with Gasteiger partial charge in [-0.15, -0.1) is 0 Å². The first kappa shape index (κ1) is 10.5. The lowest BCUT2D eigenvalue weighted by molar-refractivity contribution is -0.138. The van der Waals surface area contributed by atoms with Crippen molar-refractivity contribution in [3.8, 4) is 0 Å². The maximum Gasteiger partial charge on any atom is 0.325 e. The van der Waals surface area contributed by atoms with E-state index in [1.807, 2.05) is 0 Å². The number of rotatable bonds is 3. The summed E-state index contributed by atoms with van der Waals surface area (Å²) in [4.78, 5) is 18.2. The second-order valence-corrected chi connectivity index (χ2v) is 2.76. The highest BCUT2D eigenvalue weighted by atomic mass is 35.5. The van der Waals surface area contributed by atoms with E-state index in [0.29, 0.717) is 10.8 Å². The van der Waals surface area contributed by atoms with Crippen LogP contribution in [0.25, 0.3) is 0 Å². The molecule has 0 fully saturated rings. The van der Waals surface area contributed by atoms with Crippen molar-refractivity contribution in [3.63, 3.8) is 0 Å². The molecule has 0 atom stereocenters. The summed E-state index contributed by atoms with van der Waals surface area (Å²) in [6, 6.07) is 0. The van der Waals surface area contributed by atoms with Crippen molar-refractivity contribution in [1.82, 2.24) is 9.97 Å². The molecule has 0 radical (unpaired) electrons. The van der Waals surface area contributed by atoms with Gasteiger partial charge in [0.25, 0.3) is 0 Å². The van der Waals surface area contributed by atoms with Crippen LogP contribution >= 0.6 is 11.6 Å². The Morgan fingerprint density at radius 3 is 3.14 bits per heavy atom. The molecule has 0 unspecified atom stereocenters. The van der Waals surface area contributed by atoms with Crippen LogP contribution in [0.2, 0.25) is 5.02 Å². The summed E-state index contributed by atoms with van der Waals surface area (Å²) < 4.78 is 4.42. The number of nitrogens with one attached hydrogen (secondary N) is 1. The zero-order valence-electron chi connectivity index (χ0n) is 7.45. The van der Waals surface area contributed by atoms with Gasteiger partial charge in [-0.1, -0.05) is 11.6 Å². The van der Waals surface area contributed by atoms with Gasteiger partial charge in [-0.3, -0.25) is 4.79 Å². The van der Waals surface area contributed by atoms with Gasteiger partial charge >= 0.3 is 5.97 Å². The van der Waals surface area contributed by atoms with Crippen LogP contribution in [0.4, 0.5) is 11.8 Å². The molecule has 0 aliphatic heterocycles. The predicted molar refractivity (Wildman–Crippen MR) is 52.0 cm³/mol. The number of ether oxygens (including phenoxy) is 1. The third-order valence-electron chi connectivity index (χ3n) is 1.39.